The number of anilines is 1. The first-order valence-corrected chi connectivity index (χ1v) is 8.80. The lowest BCUT2D eigenvalue weighted by molar-refractivity contribution is -0.134. The van der Waals surface area contributed by atoms with E-state index < -0.39 is 0 Å². The molecule has 0 saturated carbocycles. The predicted octanol–water partition coefficient (Wildman–Crippen LogP) is 2.21. The number of hydrogen-bond acceptors (Lipinski definition) is 5. The molecule has 7 heteroatoms. The van der Waals surface area contributed by atoms with Crippen LogP contribution in [0.15, 0.2) is 55.0 Å². The number of pyridine rings is 1. The van der Waals surface area contributed by atoms with Gasteiger partial charge in [0, 0.05) is 25.3 Å². The molecule has 1 fully saturated rings. The van der Waals surface area contributed by atoms with Gasteiger partial charge in [0.2, 0.25) is 0 Å². The van der Waals surface area contributed by atoms with E-state index in [9.17, 15) is 4.79 Å². The van der Waals surface area contributed by atoms with Gasteiger partial charge in [-0.3, -0.25) is 4.79 Å². The number of carbonyl (C=O) groups excluding carboxylic acids is 1. The smallest absolute Gasteiger partial charge is 0.260 e. The Labute approximate surface area is 151 Å². The van der Waals surface area contributed by atoms with E-state index in [2.05, 4.69) is 15.4 Å². The van der Waals surface area contributed by atoms with E-state index in [1.165, 1.54) is 0 Å². The summed E-state index contributed by atoms with van der Waals surface area (Å²) in [6.07, 6.45) is 5.22. The Hall–Kier alpha value is -3.09. The average molecular weight is 351 g/mol. The minimum atomic E-state index is 0.0341. The normalized spacial score (nSPS) is 15.2. The summed E-state index contributed by atoms with van der Waals surface area (Å²) in [4.78, 5) is 18.5. The molecule has 0 radical (unpaired) electrons. The summed E-state index contributed by atoms with van der Waals surface area (Å²) >= 11 is 0. The molecule has 0 bridgehead atoms. The van der Waals surface area contributed by atoms with Crippen LogP contribution in [-0.2, 0) is 4.79 Å². The summed E-state index contributed by atoms with van der Waals surface area (Å²) in [6, 6.07) is 13.7. The Balaban J connectivity index is 1.28. The third-order valence-electron chi connectivity index (χ3n) is 4.62. The van der Waals surface area contributed by atoms with Gasteiger partial charge in [0.25, 0.3) is 5.91 Å². The SMILES string of the molecule is O=C(COc1ccccc1)N1CCC(Nc2cccn3ncnc23)CC1. The fraction of sp³-hybridized carbons (Fsp3) is 0.316. The minimum absolute atomic E-state index is 0.0341. The molecular weight excluding hydrogens is 330 g/mol. The Morgan fingerprint density at radius 3 is 2.77 bits per heavy atom. The Kier molecular flexibility index (Phi) is 4.68. The zero-order chi connectivity index (χ0) is 17.8. The van der Waals surface area contributed by atoms with Gasteiger partial charge in [-0.2, -0.15) is 5.10 Å². The second-order valence-electron chi connectivity index (χ2n) is 6.35. The van der Waals surface area contributed by atoms with E-state index in [-0.39, 0.29) is 12.5 Å². The maximum atomic E-state index is 12.3. The summed E-state index contributed by atoms with van der Waals surface area (Å²) in [5, 5.41) is 7.69. The summed E-state index contributed by atoms with van der Waals surface area (Å²) in [5.74, 6) is 0.755. The highest BCUT2D eigenvalue weighted by atomic mass is 16.5. The molecule has 1 N–H and O–H groups in total. The van der Waals surface area contributed by atoms with Gasteiger partial charge in [0.1, 0.15) is 12.1 Å². The van der Waals surface area contributed by atoms with Crippen molar-refractivity contribution in [2.45, 2.75) is 18.9 Å². The quantitative estimate of drug-likeness (QED) is 0.763. The summed E-state index contributed by atoms with van der Waals surface area (Å²) < 4.78 is 7.31. The molecule has 3 heterocycles. The molecule has 1 aliphatic rings. The van der Waals surface area contributed by atoms with Gasteiger partial charge in [-0.25, -0.2) is 9.50 Å². The van der Waals surface area contributed by atoms with Crippen LogP contribution >= 0.6 is 0 Å². The second kappa shape index (κ2) is 7.43. The fourth-order valence-electron chi connectivity index (χ4n) is 3.21. The Bertz CT molecular complexity index is 872. The van der Waals surface area contributed by atoms with Crippen molar-refractivity contribution in [2.24, 2.45) is 0 Å². The second-order valence-corrected chi connectivity index (χ2v) is 6.35. The molecule has 3 aromatic rings. The van der Waals surface area contributed by atoms with Crippen molar-refractivity contribution in [1.82, 2.24) is 19.5 Å². The Morgan fingerprint density at radius 1 is 1.15 bits per heavy atom. The van der Waals surface area contributed by atoms with Crippen molar-refractivity contribution in [3.63, 3.8) is 0 Å². The highest BCUT2D eigenvalue weighted by Crippen LogP contribution is 2.20. The van der Waals surface area contributed by atoms with Gasteiger partial charge < -0.3 is 15.0 Å². The maximum Gasteiger partial charge on any atom is 0.260 e. The number of piperidine rings is 1. The number of amides is 1. The molecule has 0 atom stereocenters. The van der Waals surface area contributed by atoms with Crippen molar-refractivity contribution in [1.29, 1.82) is 0 Å². The van der Waals surface area contributed by atoms with Crippen LogP contribution in [0.4, 0.5) is 5.69 Å². The molecule has 1 aliphatic heterocycles. The van der Waals surface area contributed by atoms with Crippen LogP contribution in [0.25, 0.3) is 5.65 Å². The van der Waals surface area contributed by atoms with E-state index >= 15 is 0 Å². The highest BCUT2D eigenvalue weighted by molar-refractivity contribution is 5.78. The van der Waals surface area contributed by atoms with E-state index in [0.29, 0.717) is 6.04 Å². The molecule has 0 unspecified atom stereocenters. The van der Waals surface area contributed by atoms with Crippen LogP contribution in [-0.4, -0.2) is 51.1 Å². The van der Waals surface area contributed by atoms with Gasteiger partial charge in [-0.1, -0.05) is 18.2 Å². The van der Waals surface area contributed by atoms with Crippen LogP contribution < -0.4 is 10.1 Å². The van der Waals surface area contributed by atoms with Gasteiger partial charge in [0.05, 0.1) is 5.69 Å². The molecule has 0 spiro atoms. The van der Waals surface area contributed by atoms with Crippen LogP contribution in [0.3, 0.4) is 0 Å². The molecule has 1 aromatic carbocycles. The molecule has 1 saturated heterocycles. The number of fused-ring (bicyclic) bond motifs is 1. The van der Waals surface area contributed by atoms with Gasteiger partial charge >= 0.3 is 0 Å². The van der Waals surface area contributed by atoms with Crippen molar-refractivity contribution >= 4 is 17.2 Å². The number of nitrogens with one attached hydrogen (secondary N) is 1. The molecule has 7 nitrogen and oxygen atoms in total. The number of hydrogen-bond donors (Lipinski definition) is 1. The van der Waals surface area contributed by atoms with Crippen LogP contribution in [0.1, 0.15) is 12.8 Å². The number of rotatable bonds is 5. The lowest BCUT2D eigenvalue weighted by Gasteiger charge is -2.32. The molecule has 4 rings (SSSR count). The topological polar surface area (TPSA) is 71.8 Å². The van der Waals surface area contributed by atoms with Crippen LogP contribution in [0.5, 0.6) is 5.75 Å². The number of benzene rings is 1. The molecular formula is C19H21N5O2. The summed E-state index contributed by atoms with van der Waals surface area (Å²) in [6.45, 7) is 1.54. The van der Waals surface area contributed by atoms with Gasteiger partial charge in [0.15, 0.2) is 12.3 Å². The maximum absolute atomic E-state index is 12.3. The van der Waals surface area contributed by atoms with Gasteiger partial charge in [-0.05, 0) is 37.1 Å². The Morgan fingerprint density at radius 2 is 1.96 bits per heavy atom. The molecule has 134 valence electrons. The number of para-hydroxylation sites is 1. The van der Waals surface area contributed by atoms with E-state index in [1.54, 1.807) is 10.8 Å². The van der Waals surface area contributed by atoms with Crippen molar-refractivity contribution in [3.05, 3.63) is 55.0 Å². The molecule has 26 heavy (non-hydrogen) atoms. The molecule has 1 amide bonds. The van der Waals surface area contributed by atoms with Crippen molar-refractivity contribution < 1.29 is 9.53 Å². The van der Waals surface area contributed by atoms with E-state index in [1.807, 2.05) is 53.6 Å². The van der Waals surface area contributed by atoms with E-state index in [0.717, 1.165) is 43.0 Å². The fourth-order valence-corrected chi connectivity index (χ4v) is 3.21. The minimum Gasteiger partial charge on any atom is -0.484 e. The first-order chi connectivity index (χ1) is 12.8. The third kappa shape index (κ3) is 3.61. The summed E-state index contributed by atoms with van der Waals surface area (Å²) in [5.41, 5.74) is 1.80. The monoisotopic (exact) mass is 351 g/mol. The third-order valence-corrected chi connectivity index (χ3v) is 4.62. The number of ether oxygens (including phenoxy) is 1. The first-order valence-electron chi connectivity index (χ1n) is 8.80. The van der Waals surface area contributed by atoms with Crippen LogP contribution in [0.2, 0.25) is 0 Å². The zero-order valence-corrected chi connectivity index (χ0v) is 14.4. The summed E-state index contributed by atoms with van der Waals surface area (Å²) in [7, 11) is 0. The lowest BCUT2D eigenvalue weighted by Crippen LogP contribution is -2.44. The average Bonchev–Trinajstić information content (AvgIpc) is 3.17. The largest absolute Gasteiger partial charge is 0.484 e. The zero-order valence-electron chi connectivity index (χ0n) is 14.4. The van der Waals surface area contributed by atoms with Gasteiger partial charge in [-0.15, -0.1) is 0 Å². The number of carbonyl (C=O) groups is 1. The van der Waals surface area contributed by atoms with Crippen LogP contribution in [0, 0.1) is 0 Å². The van der Waals surface area contributed by atoms with Crippen molar-refractivity contribution in [2.75, 3.05) is 25.0 Å². The number of likely N-dealkylation sites (tertiary alicyclic amines) is 1. The number of aromatic nitrogens is 3. The van der Waals surface area contributed by atoms with E-state index in [4.69, 9.17) is 4.74 Å². The molecule has 2 aromatic heterocycles. The highest BCUT2D eigenvalue weighted by Gasteiger charge is 2.23. The predicted molar refractivity (Wildman–Crippen MR) is 98.1 cm³/mol. The molecule has 0 aliphatic carbocycles. The van der Waals surface area contributed by atoms with Crippen molar-refractivity contribution in [3.8, 4) is 5.75 Å². The lowest BCUT2D eigenvalue weighted by atomic mass is 10.0. The first kappa shape index (κ1) is 16.4. The number of nitrogens with zero attached hydrogens (tertiary/aromatic N) is 4. The standard InChI is InChI=1S/C19H21N5O2/c25-18(13-26-16-5-2-1-3-6-16)23-11-8-15(9-12-23)22-17-7-4-10-24-19(17)20-14-21-24/h1-7,10,14-15,22H,8-9,11-13H2.